The highest BCUT2D eigenvalue weighted by molar-refractivity contribution is 6.72. The Kier molecular flexibility index (Phi) is 6.74. The van der Waals surface area contributed by atoms with Gasteiger partial charge >= 0.3 is 6.69 Å². The highest BCUT2D eigenvalue weighted by atomic mass is 35.5. The van der Waals surface area contributed by atoms with Crippen LogP contribution in [0, 0.1) is 5.92 Å². The molecule has 1 aromatic carbocycles. The Morgan fingerprint density at radius 3 is 2.37 bits per heavy atom. The lowest BCUT2D eigenvalue weighted by Gasteiger charge is -2.42. The van der Waals surface area contributed by atoms with Crippen LogP contribution in [0.1, 0.15) is 43.5 Å². The van der Waals surface area contributed by atoms with E-state index in [0.29, 0.717) is 11.4 Å². The first-order valence-electron chi connectivity index (χ1n) is 9.71. The number of hydrogen-bond acceptors (Lipinski definition) is 7. The normalized spacial score (nSPS) is 18.7. The van der Waals surface area contributed by atoms with Crippen LogP contribution in [0.15, 0.2) is 18.2 Å². The first-order valence-corrected chi connectivity index (χ1v) is 10.5. The number of ketones is 1. The van der Waals surface area contributed by atoms with E-state index in [4.69, 9.17) is 32.5 Å². The van der Waals surface area contributed by atoms with Crippen LogP contribution in [-0.4, -0.2) is 54.2 Å². The molecule has 3 rings (SSSR count). The molecule has 0 aromatic heterocycles. The summed E-state index contributed by atoms with van der Waals surface area (Å²) in [6.45, 7) is 1.29. The van der Waals surface area contributed by atoms with Gasteiger partial charge in [-0.3, -0.25) is 19.2 Å². The number of hydrogen-bond donors (Lipinski definition) is 1. The van der Waals surface area contributed by atoms with Gasteiger partial charge < -0.3 is 19.4 Å². The van der Waals surface area contributed by atoms with E-state index in [1.807, 2.05) is 13.8 Å². The fourth-order valence-electron chi connectivity index (χ4n) is 3.88. The topological polar surface area (TPSA) is 102 Å². The fraction of sp³-hybridized carbons (Fsp3) is 0.474. The zero-order valence-corrected chi connectivity index (χ0v) is 18.2. The summed E-state index contributed by atoms with van der Waals surface area (Å²) >= 11 is 12.0. The Labute approximate surface area is 184 Å². The van der Waals surface area contributed by atoms with Crippen molar-refractivity contribution in [2.45, 2.75) is 39.1 Å². The van der Waals surface area contributed by atoms with Crippen LogP contribution >= 0.6 is 23.2 Å². The van der Waals surface area contributed by atoms with Crippen molar-refractivity contribution >= 4 is 53.5 Å². The van der Waals surface area contributed by atoms with Crippen molar-refractivity contribution in [2.75, 3.05) is 13.1 Å². The maximum absolute atomic E-state index is 12.6. The molecule has 8 nitrogen and oxygen atoms in total. The Morgan fingerprint density at radius 2 is 1.77 bits per heavy atom. The molecule has 2 heterocycles. The lowest BCUT2D eigenvalue weighted by molar-refractivity contribution is -0.138. The average molecular weight is 456 g/mol. The van der Waals surface area contributed by atoms with E-state index in [1.54, 1.807) is 6.07 Å². The number of benzene rings is 1. The van der Waals surface area contributed by atoms with E-state index >= 15 is 0 Å². The summed E-state index contributed by atoms with van der Waals surface area (Å²) in [5, 5.41) is 3.44. The van der Waals surface area contributed by atoms with E-state index < -0.39 is 30.5 Å². The third-order valence-corrected chi connectivity index (χ3v) is 5.73. The molecule has 0 spiro atoms. The molecule has 2 aliphatic heterocycles. The number of fused-ring (bicyclic) bond motifs is 1. The second-order valence-electron chi connectivity index (χ2n) is 7.96. The van der Waals surface area contributed by atoms with Crippen LogP contribution < -0.4 is 5.32 Å². The smallest absolute Gasteiger partial charge is 0.453 e. The number of nitrogens with zero attached hydrogens (tertiary/aromatic N) is 1. The minimum absolute atomic E-state index is 0.0675. The summed E-state index contributed by atoms with van der Waals surface area (Å²) in [7, 11) is 0. The van der Waals surface area contributed by atoms with Crippen molar-refractivity contribution in [1.82, 2.24) is 10.1 Å². The SMILES string of the molecule is CC(C)C[C@H](NC(=O)CCC(=O)c1cc(Cl)ccc1Cl)[B-]12OC(=O)CN1CC(=O)O2. The van der Waals surface area contributed by atoms with E-state index in [1.165, 1.54) is 16.9 Å². The molecule has 11 heteroatoms. The third kappa shape index (κ3) is 4.79. The van der Waals surface area contributed by atoms with Crippen molar-refractivity contribution in [3.8, 4) is 0 Å². The number of rotatable bonds is 8. The number of amides is 1. The molecule has 30 heavy (non-hydrogen) atoms. The van der Waals surface area contributed by atoms with Crippen LogP contribution in [-0.2, 0) is 23.7 Å². The van der Waals surface area contributed by atoms with E-state index in [9.17, 15) is 19.2 Å². The predicted molar refractivity (Wildman–Crippen MR) is 111 cm³/mol. The van der Waals surface area contributed by atoms with Gasteiger partial charge in [-0.05, 0) is 24.1 Å². The molecule has 1 amide bonds. The number of carbonyl (C=O) groups excluding carboxylic acids is 4. The number of carbonyl (C=O) groups is 4. The van der Waals surface area contributed by atoms with Gasteiger partial charge in [0.05, 0.1) is 18.1 Å². The summed E-state index contributed by atoms with van der Waals surface area (Å²) in [4.78, 5) is 50.3. The zero-order valence-electron chi connectivity index (χ0n) is 16.7. The number of Topliss-reactive ketones (excluding diaryl/α,β-unsaturated/α-hetero) is 1. The van der Waals surface area contributed by atoms with Gasteiger partial charge in [-0.15, -0.1) is 0 Å². The second kappa shape index (κ2) is 8.95. The Balaban J connectivity index is 1.69. The number of nitrogens with one attached hydrogen (secondary N) is 1. The van der Waals surface area contributed by atoms with Gasteiger partial charge in [-0.1, -0.05) is 43.5 Å². The van der Waals surface area contributed by atoms with Crippen molar-refractivity contribution in [2.24, 2.45) is 5.92 Å². The highest BCUT2D eigenvalue weighted by Gasteiger charge is 2.57. The van der Waals surface area contributed by atoms with Gasteiger partial charge in [0.1, 0.15) is 0 Å². The maximum atomic E-state index is 12.6. The molecule has 0 unspecified atom stereocenters. The first-order chi connectivity index (χ1) is 14.1. The largest absolute Gasteiger partial charge is 0.641 e. The minimum Gasteiger partial charge on any atom is -0.641 e. The van der Waals surface area contributed by atoms with Crippen LogP contribution in [0.3, 0.4) is 0 Å². The van der Waals surface area contributed by atoms with Gasteiger partial charge in [-0.2, -0.15) is 0 Å². The summed E-state index contributed by atoms with van der Waals surface area (Å²) in [5.74, 6) is -2.33. The van der Waals surface area contributed by atoms with E-state index in [0.717, 1.165) is 0 Å². The van der Waals surface area contributed by atoms with Crippen LogP contribution in [0.4, 0.5) is 0 Å². The molecule has 2 fully saturated rings. The molecule has 0 aliphatic carbocycles. The van der Waals surface area contributed by atoms with Crippen LogP contribution in [0.25, 0.3) is 0 Å². The Morgan fingerprint density at radius 1 is 1.13 bits per heavy atom. The van der Waals surface area contributed by atoms with Gasteiger partial charge in [0, 0.05) is 29.4 Å². The maximum Gasteiger partial charge on any atom is 0.453 e. The van der Waals surface area contributed by atoms with Crippen molar-refractivity contribution < 1.29 is 28.5 Å². The molecule has 0 saturated carbocycles. The average Bonchev–Trinajstić information content (AvgIpc) is 3.12. The number of halogens is 2. The predicted octanol–water partition coefficient (Wildman–Crippen LogP) is 2.38. The molecule has 0 bridgehead atoms. The molecule has 1 N–H and O–H groups in total. The van der Waals surface area contributed by atoms with Crippen molar-refractivity contribution in [1.29, 1.82) is 0 Å². The van der Waals surface area contributed by atoms with Crippen LogP contribution in [0.5, 0.6) is 0 Å². The van der Waals surface area contributed by atoms with Gasteiger partial charge in [0.25, 0.3) is 11.9 Å². The van der Waals surface area contributed by atoms with Crippen molar-refractivity contribution in [3.05, 3.63) is 33.8 Å². The van der Waals surface area contributed by atoms with Crippen LogP contribution in [0.2, 0.25) is 10.0 Å². The summed E-state index contributed by atoms with van der Waals surface area (Å²) in [6.07, 6.45) is 0.241. The lowest BCUT2D eigenvalue weighted by atomic mass is 9.59. The fourth-order valence-corrected chi connectivity index (χ4v) is 4.28. The lowest BCUT2D eigenvalue weighted by Crippen LogP contribution is -2.64. The van der Waals surface area contributed by atoms with E-state index in [-0.39, 0.29) is 48.2 Å². The summed E-state index contributed by atoms with van der Waals surface area (Å²) in [5.41, 5.74) is 0.249. The standard InChI is InChI=1S/C19H22BCl2N2O6/c1-11(2)7-16(20-24(9-18(27)29-20)10-19(28)30-20)23-17(26)6-5-15(25)13-8-12(21)3-4-14(13)22/h3-4,8,11,16H,5-7,9-10H2,1-2H3,(H,23,26)/q-1/t16-/m0/s1. The van der Waals surface area contributed by atoms with Gasteiger partial charge in [-0.25, -0.2) is 0 Å². The molecule has 1 atom stereocenters. The molecular weight excluding hydrogens is 434 g/mol. The third-order valence-electron chi connectivity index (χ3n) is 5.16. The monoisotopic (exact) mass is 455 g/mol. The summed E-state index contributed by atoms with van der Waals surface area (Å²) in [6, 6.07) is 4.55. The zero-order chi connectivity index (χ0) is 22.1. The molecule has 2 aliphatic rings. The second-order valence-corrected chi connectivity index (χ2v) is 8.81. The molecule has 2 saturated heterocycles. The Hall–Kier alpha value is -2.10. The molecular formula is C19H22BCl2N2O6-. The highest BCUT2D eigenvalue weighted by Crippen LogP contribution is 2.32. The first kappa shape index (κ1) is 22.6. The molecule has 1 aromatic rings. The Bertz CT molecular complexity index is 874. The van der Waals surface area contributed by atoms with Gasteiger partial charge in [0.2, 0.25) is 5.91 Å². The van der Waals surface area contributed by atoms with Crippen molar-refractivity contribution in [3.63, 3.8) is 0 Å². The quantitative estimate of drug-likeness (QED) is 0.474. The molecule has 162 valence electrons. The molecule has 0 radical (unpaired) electrons. The van der Waals surface area contributed by atoms with Gasteiger partial charge in [0.15, 0.2) is 5.78 Å². The summed E-state index contributed by atoms with van der Waals surface area (Å²) < 4.78 is 10.8. The minimum atomic E-state index is -2.45. The van der Waals surface area contributed by atoms with E-state index in [2.05, 4.69) is 5.32 Å².